The summed E-state index contributed by atoms with van der Waals surface area (Å²) in [6.45, 7) is 5.68. The van der Waals surface area contributed by atoms with Crippen molar-refractivity contribution in [3.8, 4) is 0 Å². The number of anilines is 2. The van der Waals surface area contributed by atoms with Gasteiger partial charge in [0.25, 0.3) is 0 Å². The smallest absolute Gasteiger partial charge is 0.140 e. The van der Waals surface area contributed by atoms with Gasteiger partial charge in [-0.15, -0.1) is 0 Å². The fraction of sp³-hybridized carbons (Fsp3) is 0.467. The van der Waals surface area contributed by atoms with E-state index in [-0.39, 0.29) is 0 Å². The molecule has 2 unspecified atom stereocenters. The standard InChI is InChI=1S/C15H20N4/c1-10-4-3-7-19(11(10)2)15-13-6-5-12(16)8-14(13)17-9-18-15/h5-6,8-11H,3-4,7,16H2,1-2H3. The molecule has 19 heavy (non-hydrogen) atoms. The van der Waals surface area contributed by atoms with Gasteiger partial charge >= 0.3 is 0 Å². The summed E-state index contributed by atoms with van der Waals surface area (Å²) < 4.78 is 0. The lowest BCUT2D eigenvalue weighted by Gasteiger charge is -2.39. The molecule has 2 heterocycles. The molecule has 0 spiro atoms. The van der Waals surface area contributed by atoms with Crippen LogP contribution in [0.4, 0.5) is 11.5 Å². The Labute approximate surface area is 113 Å². The largest absolute Gasteiger partial charge is 0.399 e. The molecule has 3 rings (SSSR count). The van der Waals surface area contributed by atoms with E-state index in [1.807, 2.05) is 18.2 Å². The van der Waals surface area contributed by atoms with Crippen LogP contribution in [0.5, 0.6) is 0 Å². The maximum absolute atomic E-state index is 5.83. The molecule has 4 nitrogen and oxygen atoms in total. The lowest BCUT2D eigenvalue weighted by Crippen LogP contribution is -2.43. The molecular formula is C15H20N4. The number of aromatic nitrogens is 2. The molecule has 1 saturated heterocycles. The second-order valence-electron chi connectivity index (χ2n) is 5.53. The molecule has 1 aliphatic rings. The summed E-state index contributed by atoms with van der Waals surface area (Å²) >= 11 is 0. The number of nitrogen functional groups attached to an aromatic ring is 1. The van der Waals surface area contributed by atoms with Gasteiger partial charge in [0.15, 0.2) is 0 Å². The van der Waals surface area contributed by atoms with Gasteiger partial charge in [0.1, 0.15) is 12.1 Å². The fourth-order valence-corrected chi connectivity index (χ4v) is 2.92. The lowest BCUT2D eigenvalue weighted by molar-refractivity contribution is 0.362. The number of nitrogens with two attached hydrogens (primary N) is 1. The molecule has 0 amide bonds. The summed E-state index contributed by atoms with van der Waals surface area (Å²) in [6, 6.07) is 6.39. The maximum atomic E-state index is 5.83. The number of nitrogens with zero attached hydrogens (tertiary/aromatic N) is 3. The van der Waals surface area contributed by atoms with Crippen molar-refractivity contribution in [3.05, 3.63) is 24.5 Å². The Kier molecular flexibility index (Phi) is 3.01. The number of hydrogen-bond donors (Lipinski definition) is 1. The third kappa shape index (κ3) is 2.11. The zero-order valence-electron chi connectivity index (χ0n) is 11.5. The van der Waals surface area contributed by atoms with Crippen LogP contribution < -0.4 is 10.6 Å². The minimum atomic E-state index is 0.518. The van der Waals surface area contributed by atoms with E-state index in [1.54, 1.807) is 6.33 Å². The van der Waals surface area contributed by atoms with E-state index in [4.69, 9.17) is 5.73 Å². The number of hydrogen-bond acceptors (Lipinski definition) is 4. The summed E-state index contributed by atoms with van der Waals surface area (Å²) in [5.74, 6) is 1.75. The molecule has 0 aliphatic carbocycles. The maximum Gasteiger partial charge on any atom is 0.140 e. The van der Waals surface area contributed by atoms with E-state index in [0.29, 0.717) is 12.0 Å². The fourth-order valence-electron chi connectivity index (χ4n) is 2.92. The van der Waals surface area contributed by atoms with Crippen molar-refractivity contribution in [1.82, 2.24) is 9.97 Å². The third-order valence-electron chi connectivity index (χ3n) is 4.29. The lowest BCUT2D eigenvalue weighted by atomic mass is 9.92. The van der Waals surface area contributed by atoms with Gasteiger partial charge in [0.2, 0.25) is 0 Å². The van der Waals surface area contributed by atoms with Crippen molar-refractivity contribution in [1.29, 1.82) is 0 Å². The zero-order chi connectivity index (χ0) is 13.4. The van der Waals surface area contributed by atoms with E-state index in [2.05, 4.69) is 28.7 Å². The highest BCUT2D eigenvalue weighted by molar-refractivity contribution is 5.91. The topological polar surface area (TPSA) is 55.0 Å². The average Bonchev–Trinajstić information content (AvgIpc) is 2.41. The van der Waals surface area contributed by atoms with Crippen LogP contribution in [-0.4, -0.2) is 22.6 Å². The first-order valence-corrected chi connectivity index (χ1v) is 6.93. The third-order valence-corrected chi connectivity index (χ3v) is 4.29. The highest BCUT2D eigenvalue weighted by Gasteiger charge is 2.26. The molecule has 100 valence electrons. The van der Waals surface area contributed by atoms with Crippen molar-refractivity contribution >= 4 is 22.4 Å². The molecular weight excluding hydrogens is 236 g/mol. The minimum absolute atomic E-state index is 0.518. The molecule has 2 atom stereocenters. The molecule has 2 N–H and O–H groups in total. The number of piperidine rings is 1. The number of benzene rings is 1. The highest BCUT2D eigenvalue weighted by atomic mass is 15.2. The van der Waals surface area contributed by atoms with Gasteiger partial charge in [-0.25, -0.2) is 9.97 Å². The predicted octanol–water partition coefficient (Wildman–Crippen LogP) is 2.84. The van der Waals surface area contributed by atoms with Crippen molar-refractivity contribution in [2.75, 3.05) is 17.2 Å². The number of fused-ring (bicyclic) bond motifs is 1. The molecule has 1 aliphatic heterocycles. The van der Waals surface area contributed by atoms with Gasteiger partial charge in [-0.2, -0.15) is 0 Å². The SMILES string of the molecule is CC1CCCN(c2ncnc3cc(N)ccc23)C1C. The minimum Gasteiger partial charge on any atom is -0.399 e. The quantitative estimate of drug-likeness (QED) is 0.797. The van der Waals surface area contributed by atoms with Gasteiger partial charge in [-0.1, -0.05) is 6.92 Å². The van der Waals surface area contributed by atoms with Gasteiger partial charge in [-0.3, -0.25) is 0 Å². The van der Waals surface area contributed by atoms with Gasteiger partial charge in [0.05, 0.1) is 5.52 Å². The molecule has 4 heteroatoms. The van der Waals surface area contributed by atoms with Crippen LogP contribution in [0.15, 0.2) is 24.5 Å². The van der Waals surface area contributed by atoms with E-state index in [9.17, 15) is 0 Å². The summed E-state index contributed by atoms with van der Waals surface area (Å²) in [7, 11) is 0. The summed E-state index contributed by atoms with van der Waals surface area (Å²) in [6.07, 6.45) is 4.17. The van der Waals surface area contributed by atoms with E-state index in [0.717, 1.165) is 29.0 Å². The van der Waals surface area contributed by atoms with E-state index < -0.39 is 0 Å². The normalized spacial score (nSPS) is 23.8. The van der Waals surface area contributed by atoms with Crippen LogP contribution in [0.2, 0.25) is 0 Å². The molecule has 1 aromatic carbocycles. The molecule has 2 aromatic rings. The van der Waals surface area contributed by atoms with Gasteiger partial charge < -0.3 is 10.6 Å². The molecule has 0 saturated carbocycles. The van der Waals surface area contributed by atoms with Crippen molar-refractivity contribution in [2.45, 2.75) is 32.7 Å². The first-order valence-electron chi connectivity index (χ1n) is 6.93. The molecule has 0 radical (unpaired) electrons. The summed E-state index contributed by atoms with van der Waals surface area (Å²) in [5, 5.41) is 1.10. The van der Waals surface area contributed by atoms with Crippen molar-refractivity contribution < 1.29 is 0 Å². The molecule has 1 fully saturated rings. The Morgan fingerprint density at radius 3 is 2.95 bits per heavy atom. The van der Waals surface area contributed by atoms with Crippen LogP contribution in [0.3, 0.4) is 0 Å². The van der Waals surface area contributed by atoms with Gasteiger partial charge in [0, 0.05) is 23.7 Å². The van der Waals surface area contributed by atoms with Crippen molar-refractivity contribution in [3.63, 3.8) is 0 Å². The monoisotopic (exact) mass is 256 g/mol. The molecule has 1 aromatic heterocycles. The van der Waals surface area contributed by atoms with Gasteiger partial charge in [-0.05, 0) is 43.9 Å². The second kappa shape index (κ2) is 4.68. The van der Waals surface area contributed by atoms with Crippen LogP contribution >= 0.6 is 0 Å². The summed E-state index contributed by atoms with van der Waals surface area (Å²) in [5.41, 5.74) is 7.50. The van der Waals surface area contributed by atoms with Crippen LogP contribution in [0.1, 0.15) is 26.7 Å². The Bertz CT molecular complexity index is 596. The Balaban J connectivity index is 2.09. The van der Waals surface area contributed by atoms with E-state index >= 15 is 0 Å². The van der Waals surface area contributed by atoms with Crippen LogP contribution in [-0.2, 0) is 0 Å². The summed E-state index contributed by atoms with van der Waals surface area (Å²) in [4.78, 5) is 11.3. The highest BCUT2D eigenvalue weighted by Crippen LogP contribution is 2.31. The van der Waals surface area contributed by atoms with Crippen LogP contribution in [0, 0.1) is 5.92 Å². The first-order chi connectivity index (χ1) is 9.16. The predicted molar refractivity (Wildman–Crippen MR) is 79.2 cm³/mol. The Morgan fingerprint density at radius 1 is 1.26 bits per heavy atom. The Hall–Kier alpha value is -1.84. The van der Waals surface area contributed by atoms with E-state index in [1.165, 1.54) is 12.8 Å². The van der Waals surface area contributed by atoms with Crippen molar-refractivity contribution in [2.24, 2.45) is 5.92 Å². The zero-order valence-corrected chi connectivity index (χ0v) is 11.5. The average molecular weight is 256 g/mol. The number of rotatable bonds is 1. The van der Waals surface area contributed by atoms with Crippen LogP contribution in [0.25, 0.3) is 10.9 Å². The first kappa shape index (κ1) is 12.2. The molecule has 0 bridgehead atoms. The second-order valence-corrected chi connectivity index (χ2v) is 5.53. The Morgan fingerprint density at radius 2 is 2.11 bits per heavy atom.